The maximum atomic E-state index is 10.2. The van der Waals surface area contributed by atoms with Crippen molar-refractivity contribution in [1.82, 2.24) is 9.78 Å². The van der Waals surface area contributed by atoms with Crippen molar-refractivity contribution in [1.29, 1.82) is 0 Å². The van der Waals surface area contributed by atoms with Crippen LogP contribution in [0.3, 0.4) is 0 Å². The second-order valence-corrected chi connectivity index (χ2v) is 5.06. The molecule has 0 bridgehead atoms. The van der Waals surface area contributed by atoms with Gasteiger partial charge in [-0.25, -0.2) is 0 Å². The van der Waals surface area contributed by atoms with Crippen LogP contribution in [-0.4, -0.2) is 14.9 Å². The molecule has 2 aromatic rings. The van der Waals surface area contributed by atoms with Gasteiger partial charge in [-0.05, 0) is 26.3 Å². The van der Waals surface area contributed by atoms with Crippen LogP contribution in [0.25, 0.3) is 0 Å². The van der Waals surface area contributed by atoms with Crippen molar-refractivity contribution in [3.05, 3.63) is 53.3 Å². The summed E-state index contributed by atoms with van der Waals surface area (Å²) < 4.78 is 1.87. The molecular weight excluding hydrogens is 224 g/mol. The standard InChI is InChI=1S/C15H20N2O/c1-11(2)17-10-14(9-16-17)15(18)8-13-6-4-5-12(3)7-13/h4-7,9-11,15,18H,8H2,1-3H3. The van der Waals surface area contributed by atoms with E-state index in [1.54, 1.807) is 6.20 Å². The van der Waals surface area contributed by atoms with E-state index >= 15 is 0 Å². The van der Waals surface area contributed by atoms with Crippen molar-refractivity contribution in [3.8, 4) is 0 Å². The number of hydrogen-bond donors (Lipinski definition) is 1. The minimum Gasteiger partial charge on any atom is -0.388 e. The lowest BCUT2D eigenvalue weighted by Crippen LogP contribution is -2.02. The number of nitrogens with zero attached hydrogens (tertiary/aromatic N) is 2. The van der Waals surface area contributed by atoms with E-state index in [-0.39, 0.29) is 0 Å². The molecule has 0 saturated carbocycles. The Kier molecular flexibility index (Phi) is 3.82. The number of hydrogen-bond acceptors (Lipinski definition) is 2. The number of aryl methyl sites for hydroxylation is 1. The van der Waals surface area contributed by atoms with Gasteiger partial charge in [-0.3, -0.25) is 4.68 Å². The monoisotopic (exact) mass is 244 g/mol. The van der Waals surface area contributed by atoms with Crippen LogP contribution in [-0.2, 0) is 6.42 Å². The lowest BCUT2D eigenvalue weighted by molar-refractivity contribution is 0.178. The van der Waals surface area contributed by atoms with Gasteiger partial charge >= 0.3 is 0 Å². The Morgan fingerprint density at radius 1 is 1.33 bits per heavy atom. The minimum absolute atomic E-state index is 0.324. The summed E-state index contributed by atoms with van der Waals surface area (Å²) in [5.74, 6) is 0. The van der Waals surface area contributed by atoms with E-state index in [1.165, 1.54) is 5.56 Å². The Balaban J connectivity index is 2.09. The maximum Gasteiger partial charge on any atom is 0.0860 e. The van der Waals surface area contributed by atoms with Crippen molar-refractivity contribution in [2.45, 2.75) is 39.3 Å². The summed E-state index contributed by atoms with van der Waals surface area (Å²) in [4.78, 5) is 0. The van der Waals surface area contributed by atoms with Gasteiger partial charge < -0.3 is 5.11 Å². The summed E-state index contributed by atoms with van der Waals surface area (Å²) in [5, 5.41) is 14.5. The molecule has 1 N–H and O–H groups in total. The molecule has 1 unspecified atom stereocenters. The summed E-state index contributed by atoms with van der Waals surface area (Å²) in [6, 6.07) is 8.56. The van der Waals surface area contributed by atoms with Gasteiger partial charge in [0.2, 0.25) is 0 Å². The largest absolute Gasteiger partial charge is 0.388 e. The highest BCUT2D eigenvalue weighted by Gasteiger charge is 2.12. The lowest BCUT2D eigenvalue weighted by atomic mass is 10.0. The maximum absolute atomic E-state index is 10.2. The first-order valence-electron chi connectivity index (χ1n) is 6.34. The van der Waals surface area contributed by atoms with Gasteiger partial charge in [0.05, 0.1) is 12.3 Å². The molecule has 0 fully saturated rings. The summed E-state index contributed by atoms with van der Waals surface area (Å²) in [6.45, 7) is 6.21. The molecule has 2 rings (SSSR count). The molecule has 1 aromatic heterocycles. The number of benzene rings is 1. The van der Waals surface area contributed by atoms with E-state index in [2.05, 4.69) is 38.0 Å². The fourth-order valence-electron chi connectivity index (χ4n) is 1.99. The molecule has 0 radical (unpaired) electrons. The molecule has 0 amide bonds. The van der Waals surface area contributed by atoms with Crippen molar-refractivity contribution < 1.29 is 5.11 Å². The van der Waals surface area contributed by atoms with Gasteiger partial charge in [0.15, 0.2) is 0 Å². The quantitative estimate of drug-likeness (QED) is 0.897. The summed E-state index contributed by atoms with van der Waals surface area (Å²) in [5.41, 5.74) is 3.25. The summed E-state index contributed by atoms with van der Waals surface area (Å²) in [6.07, 6.45) is 3.82. The molecule has 96 valence electrons. The highest BCUT2D eigenvalue weighted by molar-refractivity contribution is 5.24. The van der Waals surface area contributed by atoms with Gasteiger partial charge in [0.25, 0.3) is 0 Å². The zero-order valence-corrected chi connectivity index (χ0v) is 11.2. The van der Waals surface area contributed by atoms with E-state index in [9.17, 15) is 5.11 Å². The number of aromatic nitrogens is 2. The Hall–Kier alpha value is -1.61. The molecule has 3 nitrogen and oxygen atoms in total. The zero-order valence-electron chi connectivity index (χ0n) is 11.2. The Morgan fingerprint density at radius 3 is 2.72 bits per heavy atom. The van der Waals surface area contributed by atoms with Crippen molar-refractivity contribution in [2.75, 3.05) is 0 Å². The van der Waals surface area contributed by atoms with Crippen LogP contribution in [0.4, 0.5) is 0 Å². The van der Waals surface area contributed by atoms with Crippen LogP contribution >= 0.6 is 0 Å². The third-order valence-electron chi connectivity index (χ3n) is 3.05. The van der Waals surface area contributed by atoms with E-state index in [1.807, 2.05) is 23.0 Å². The molecule has 3 heteroatoms. The molecule has 18 heavy (non-hydrogen) atoms. The molecular formula is C15H20N2O. The fourth-order valence-corrected chi connectivity index (χ4v) is 1.99. The van der Waals surface area contributed by atoms with Gasteiger partial charge in [-0.2, -0.15) is 5.10 Å². The van der Waals surface area contributed by atoms with E-state index < -0.39 is 6.10 Å². The first-order chi connectivity index (χ1) is 8.56. The molecule has 0 spiro atoms. The lowest BCUT2D eigenvalue weighted by Gasteiger charge is -2.09. The topological polar surface area (TPSA) is 38.1 Å². The highest BCUT2D eigenvalue weighted by Crippen LogP contribution is 2.19. The number of aliphatic hydroxyl groups is 1. The highest BCUT2D eigenvalue weighted by atomic mass is 16.3. The van der Waals surface area contributed by atoms with Crippen LogP contribution in [0.5, 0.6) is 0 Å². The number of rotatable bonds is 4. The third-order valence-corrected chi connectivity index (χ3v) is 3.05. The Morgan fingerprint density at radius 2 is 2.11 bits per heavy atom. The molecule has 1 atom stereocenters. The first-order valence-corrected chi connectivity index (χ1v) is 6.34. The predicted molar refractivity (Wildman–Crippen MR) is 72.5 cm³/mol. The SMILES string of the molecule is Cc1cccc(CC(O)c2cnn(C(C)C)c2)c1. The average molecular weight is 244 g/mol. The molecule has 0 aliphatic heterocycles. The van der Waals surface area contributed by atoms with Gasteiger partial charge in [-0.15, -0.1) is 0 Å². The van der Waals surface area contributed by atoms with Crippen LogP contribution < -0.4 is 0 Å². The van der Waals surface area contributed by atoms with Crippen molar-refractivity contribution in [3.63, 3.8) is 0 Å². The van der Waals surface area contributed by atoms with Crippen LogP contribution in [0, 0.1) is 6.92 Å². The molecule has 0 aliphatic rings. The fraction of sp³-hybridized carbons (Fsp3) is 0.400. The van der Waals surface area contributed by atoms with Crippen LogP contribution in [0.2, 0.25) is 0 Å². The van der Waals surface area contributed by atoms with Gasteiger partial charge in [0.1, 0.15) is 0 Å². The van der Waals surface area contributed by atoms with Crippen LogP contribution in [0.1, 0.15) is 42.7 Å². The Bertz CT molecular complexity index is 517. The van der Waals surface area contributed by atoms with Crippen molar-refractivity contribution >= 4 is 0 Å². The minimum atomic E-state index is -0.487. The van der Waals surface area contributed by atoms with Gasteiger partial charge in [0, 0.05) is 24.2 Å². The zero-order chi connectivity index (χ0) is 13.1. The molecule has 1 aromatic carbocycles. The summed E-state index contributed by atoms with van der Waals surface area (Å²) >= 11 is 0. The normalized spacial score (nSPS) is 12.9. The van der Waals surface area contributed by atoms with E-state index in [4.69, 9.17) is 0 Å². The molecule has 1 heterocycles. The third kappa shape index (κ3) is 2.99. The predicted octanol–water partition coefficient (Wildman–Crippen LogP) is 3.05. The van der Waals surface area contributed by atoms with Gasteiger partial charge in [-0.1, -0.05) is 29.8 Å². The Labute approximate surface area is 108 Å². The van der Waals surface area contributed by atoms with E-state index in [0.717, 1.165) is 11.1 Å². The number of aliphatic hydroxyl groups excluding tert-OH is 1. The molecule has 0 saturated heterocycles. The average Bonchev–Trinajstić information content (AvgIpc) is 2.78. The first kappa shape index (κ1) is 12.8. The second-order valence-electron chi connectivity index (χ2n) is 5.06. The smallest absolute Gasteiger partial charge is 0.0860 e. The van der Waals surface area contributed by atoms with Crippen LogP contribution in [0.15, 0.2) is 36.7 Å². The molecule has 0 aliphatic carbocycles. The van der Waals surface area contributed by atoms with Crippen molar-refractivity contribution in [2.24, 2.45) is 0 Å². The second kappa shape index (κ2) is 5.36. The summed E-state index contributed by atoms with van der Waals surface area (Å²) in [7, 11) is 0. The van der Waals surface area contributed by atoms with E-state index in [0.29, 0.717) is 12.5 Å².